The molecule has 5 rings (SSSR count). The van der Waals surface area contributed by atoms with Gasteiger partial charge in [0.25, 0.3) is 5.91 Å². The lowest BCUT2D eigenvalue weighted by molar-refractivity contribution is -0.111. The molecule has 4 aromatic rings. The fourth-order valence-electron chi connectivity index (χ4n) is 3.48. The molecule has 0 bridgehead atoms. The first-order valence-electron chi connectivity index (χ1n) is 9.47. The highest BCUT2D eigenvalue weighted by molar-refractivity contribution is 7.21. The highest BCUT2D eigenvalue weighted by Gasteiger charge is 2.24. The lowest BCUT2D eigenvalue weighted by atomic mass is 10.1. The summed E-state index contributed by atoms with van der Waals surface area (Å²) in [5, 5.41) is 10.1. The van der Waals surface area contributed by atoms with Gasteiger partial charge in [0.05, 0.1) is 5.69 Å². The summed E-state index contributed by atoms with van der Waals surface area (Å²) in [5.74, 6) is 0.134. The number of rotatable bonds is 3. The van der Waals surface area contributed by atoms with Crippen molar-refractivity contribution in [3.63, 3.8) is 0 Å². The molecule has 1 aliphatic heterocycles. The van der Waals surface area contributed by atoms with Crippen LogP contribution < -0.4 is 16.0 Å². The highest BCUT2D eigenvalue weighted by Crippen LogP contribution is 2.39. The van der Waals surface area contributed by atoms with E-state index in [0.29, 0.717) is 34.1 Å². The number of carbonyl (C=O) groups is 2. The topological polar surface area (TPSA) is 96.3 Å². The maximum absolute atomic E-state index is 12.5. The molecule has 2 amide bonds. The number of nitrogens with zero attached hydrogens (tertiary/aromatic N) is 1. The summed E-state index contributed by atoms with van der Waals surface area (Å²) in [7, 11) is 0. The Morgan fingerprint density at radius 1 is 1.33 bits per heavy atom. The number of oxazole rings is 1. The number of hydrogen-bond donors (Lipinski definition) is 3. The zero-order chi connectivity index (χ0) is 20.8. The minimum atomic E-state index is -0.288. The van der Waals surface area contributed by atoms with E-state index >= 15 is 0 Å². The summed E-state index contributed by atoms with van der Waals surface area (Å²) in [6, 6.07) is 11.3. The number of amides is 2. The van der Waals surface area contributed by atoms with Crippen molar-refractivity contribution in [3.8, 4) is 11.5 Å². The minimum absolute atomic E-state index is 0.0544. The molecule has 0 aliphatic carbocycles. The van der Waals surface area contributed by atoms with Crippen LogP contribution in [0.25, 0.3) is 32.6 Å². The first-order valence-corrected chi connectivity index (χ1v) is 10.3. The van der Waals surface area contributed by atoms with Crippen molar-refractivity contribution in [2.24, 2.45) is 0 Å². The smallest absolute Gasteiger partial charge is 0.263 e. The molecule has 3 N–H and O–H groups in total. The van der Waals surface area contributed by atoms with Crippen molar-refractivity contribution in [2.75, 3.05) is 17.2 Å². The number of fused-ring (bicyclic) bond motifs is 4. The van der Waals surface area contributed by atoms with Crippen LogP contribution in [-0.4, -0.2) is 29.4 Å². The van der Waals surface area contributed by atoms with Crippen LogP contribution in [0.3, 0.4) is 0 Å². The number of thiophene rings is 1. The van der Waals surface area contributed by atoms with Gasteiger partial charge in [-0.2, -0.15) is 0 Å². The van der Waals surface area contributed by atoms with Crippen LogP contribution in [0, 0.1) is 0 Å². The average Bonchev–Trinajstić information content (AvgIpc) is 3.28. The van der Waals surface area contributed by atoms with Crippen molar-refractivity contribution in [1.82, 2.24) is 10.3 Å². The average molecular weight is 418 g/mol. The Labute approximate surface area is 175 Å². The van der Waals surface area contributed by atoms with E-state index in [1.165, 1.54) is 17.4 Å². The fourth-order valence-corrected chi connectivity index (χ4v) is 4.54. The van der Waals surface area contributed by atoms with Crippen LogP contribution in [0.5, 0.6) is 0 Å². The SMILES string of the molecule is C=CC(=O)Nc1ccc2nc(-c3ccc4sc5c(c4c3)NC[C@@H](C)NC5=O)oc2c1. The molecule has 30 heavy (non-hydrogen) atoms. The van der Waals surface area contributed by atoms with Crippen LogP contribution in [0.1, 0.15) is 16.6 Å². The Kier molecular flexibility index (Phi) is 4.29. The molecule has 2 aromatic carbocycles. The zero-order valence-corrected chi connectivity index (χ0v) is 16.9. The van der Waals surface area contributed by atoms with E-state index in [4.69, 9.17) is 4.42 Å². The summed E-state index contributed by atoms with van der Waals surface area (Å²) < 4.78 is 6.98. The number of benzene rings is 2. The van der Waals surface area contributed by atoms with Crippen molar-refractivity contribution >= 4 is 55.7 Å². The molecule has 0 fully saturated rings. The van der Waals surface area contributed by atoms with Crippen molar-refractivity contribution < 1.29 is 14.0 Å². The number of aromatic nitrogens is 1. The summed E-state index contributed by atoms with van der Waals surface area (Å²) in [6.07, 6.45) is 1.21. The van der Waals surface area contributed by atoms with Gasteiger partial charge >= 0.3 is 0 Å². The van der Waals surface area contributed by atoms with Crippen LogP contribution in [0.4, 0.5) is 11.4 Å². The minimum Gasteiger partial charge on any atom is -0.436 e. The van der Waals surface area contributed by atoms with Crippen molar-refractivity contribution in [3.05, 3.63) is 53.9 Å². The Morgan fingerprint density at radius 3 is 3.03 bits per heavy atom. The fraction of sp³-hybridized carbons (Fsp3) is 0.136. The van der Waals surface area contributed by atoms with Crippen LogP contribution in [0.2, 0.25) is 0 Å². The molecule has 0 unspecified atom stereocenters. The van der Waals surface area contributed by atoms with Crippen molar-refractivity contribution in [2.45, 2.75) is 13.0 Å². The lowest BCUT2D eigenvalue weighted by Crippen LogP contribution is -2.34. The quantitative estimate of drug-likeness (QED) is 0.429. The summed E-state index contributed by atoms with van der Waals surface area (Å²) in [6.45, 7) is 6.09. The molecule has 8 heteroatoms. The molecule has 1 aliphatic rings. The maximum Gasteiger partial charge on any atom is 0.263 e. The molecule has 1 atom stereocenters. The zero-order valence-electron chi connectivity index (χ0n) is 16.1. The number of hydrogen-bond acceptors (Lipinski definition) is 6. The summed E-state index contributed by atoms with van der Waals surface area (Å²) in [5.41, 5.74) is 3.54. The highest BCUT2D eigenvalue weighted by atomic mass is 32.1. The molecule has 7 nitrogen and oxygen atoms in total. The second kappa shape index (κ2) is 7.00. The molecule has 0 radical (unpaired) electrons. The van der Waals surface area contributed by atoms with E-state index in [1.807, 2.05) is 25.1 Å². The van der Waals surface area contributed by atoms with Gasteiger partial charge in [0.15, 0.2) is 5.58 Å². The third-order valence-corrected chi connectivity index (χ3v) is 6.11. The van der Waals surface area contributed by atoms with Gasteiger partial charge in [0, 0.05) is 40.0 Å². The van der Waals surface area contributed by atoms with Crippen LogP contribution in [0.15, 0.2) is 53.5 Å². The Bertz CT molecular complexity index is 1340. The van der Waals surface area contributed by atoms with Gasteiger partial charge in [0.2, 0.25) is 11.8 Å². The number of anilines is 2. The van der Waals surface area contributed by atoms with E-state index in [1.54, 1.807) is 18.2 Å². The molecule has 150 valence electrons. The molecular weight excluding hydrogens is 400 g/mol. The van der Waals surface area contributed by atoms with Crippen molar-refractivity contribution in [1.29, 1.82) is 0 Å². The predicted octanol–water partition coefficient (Wildman–Crippen LogP) is 4.38. The first kappa shape index (κ1) is 18.4. The molecule has 3 heterocycles. The molecule has 0 saturated carbocycles. The third kappa shape index (κ3) is 3.11. The second-order valence-corrected chi connectivity index (χ2v) is 8.22. The lowest BCUT2D eigenvalue weighted by Gasteiger charge is -2.09. The Balaban J connectivity index is 1.56. The first-order chi connectivity index (χ1) is 14.5. The van der Waals surface area contributed by atoms with Gasteiger partial charge in [0.1, 0.15) is 10.4 Å². The standard InChI is InChI=1S/C22H18N4O3S/c1-3-18(27)25-13-5-6-15-16(9-13)29-22(26-15)12-4-7-17-14(8-12)19-20(30-17)21(28)24-11(2)10-23-19/h3-9,11,23H,1,10H2,2H3,(H,24,28)(H,25,27)/t11-/m1/s1. The summed E-state index contributed by atoms with van der Waals surface area (Å²) >= 11 is 1.47. The Morgan fingerprint density at radius 2 is 2.20 bits per heavy atom. The monoisotopic (exact) mass is 418 g/mol. The normalized spacial score (nSPS) is 15.9. The maximum atomic E-state index is 12.5. The van der Waals surface area contributed by atoms with Gasteiger partial charge < -0.3 is 20.4 Å². The number of nitrogens with one attached hydrogen (secondary N) is 3. The van der Waals surface area contributed by atoms with Gasteiger partial charge in [-0.25, -0.2) is 4.98 Å². The largest absolute Gasteiger partial charge is 0.436 e. The van der Waals surface area contributed by atoms with Gasteiger partial charge in [-0.15, -0.1) is 11.3 Å². The van der Waals surface area contributed by atoms with Crippen LogP contribution >= 0.6 is 11.3 Å². The molecule has 0 saturated heterocycles. The molecule has 0 spiro atoms. The van der Waals surface area contributed by atoms with E-state index < -0.39 is 0 Å². The Hall–Kier alpha value is -3.65. The third-order valence-electron chi connectivity index (χ3n) is 4.95. The predicted molar refractivity (Wildman–Crippen MR) is 119 cm³/mol. The van der Waals surface area contributed by atoms with Gasteiger partial charge in [-0.05, 0) is 43.3 Å². The number of carbonyl (C=O) groups excluding carboxylic acids is 2. The molecule has 2 aromatic heterocycles. The van der Waals surface area contributed by atoms with E-state index in [9.17, 15) is 9.59 Å². The van der Waals surface area contributed by atoms with E-state index in [0.717, 1.165) is 21.3 Å². The summed E-state index contributed by atoms with van der Waals surface area (Å²) in [4.78, 5) is 29.3. The van der Waals surface area contributed by atoms with E-state index in [-0.39, 0.29) is 17.9 Å². The molecular formula is C22H18N4O3S. The second-order valence-electron chi connectivity index (χ2n) is 7.17. The van der Waals surface area contributed by atoms with Gasteiger partial charge in [-0.3, -0.25) is 9.59 Å². The van der Waals surface area contributed by atoms with E-state index in [2.05, 4.69) is 27.5 Å². The van der Waals surface area contributed by atoms with Gasteiger partial charge in [-0.1, -0.05) is 6.58 Å². The van der Waals surface area contributed by atoms with Crippen LogP contribution in [-0.2, 0) is 4.79 Å².